The lowest BCUT2D eigenvalue weighted by Gasteiger charge is -1.97. The Bertz CT molecular complexity index is 118. The third-order valence-corrected chi connectivity index (χ3v) is 0.964. The summed E-state index contributed by atoms with van der Waals surface area (Å²) in [6, 6.07) is 0. The van der Waals surface area contributed by atoms with Crippen LogP contribution in [-0.4, -0.2) is 22.4 Å². The van der Waals surface area contributed by atoms with Gasteiger partial charge in [0.2, 0.25) is 0 Å². The lowest BCUT2D eigenvalue weighted by Crippen LogP contribution is -1.87. The fraction of sp³-hybridized carbons (Fsp3) is 0.400. The largest absolute Gasteiger partial charge is 0.657 e. The van der Waals surface area contributed by atoms with Crippen molar-refractivity contribution in [3.05, 3.63) is 11.8 Å². The van der Waals surface area contributed by atoms with Crippen LogP contribution in [0.3, 0.4) is 0 Å². The van der Waals surface area contributed by atoms with E-state index in [0.29, 0.717) is 5.76 Å². The number of carbonyl (C=O) groups is 1. The maximum absolute atomic E-state index is 10.2. The molecule has 0 unspecified atom stereocenters. The maximum atomic E-state index is 10.2. The van der Waals surface area contributed by atoms with Crippen LogP contribution in [0.25, 0.3) is 0 Å². The summed E-state index contributed by atoms with van der Waals surface area (Å²) < 4.78 is 4.62. The van der Waals surface area contributed by atoms with Gasteiger partial charge in [0, 0.05) is 6.08 Å². The molecule has 0 spiro atoms. The second-order valence-corrected chi connectivity index (χ2v) is 1.72. The number of allylic oxidation sites excluding steroid dienone is 2. The van der Waals surface area contributed by atoms with Crippen LogP contribution in [-0.2, 0) is 8.58 Å². The lowest BCUT2D eigenvalue weighted by molar-refractivity contribution is -0.112. The first-order chi connectivity index (χ1) is 3.66. The van der Waals surface area contributed by atoms with E-state index in [2.05, 4.69) is 20.4 Å². The molecular formula is C5H7AlO2. The molecular weight excluding hydrogens is 119 g/mol. The SMILES string of the molecule is CC(=O)/C=C(\C)[O][Al]. The number of hydrogen-bond donors (Lipinski definition) is 0. The Kier molecular flexibility index (Phi) is 3.59. The van der Waals surface area contributed by atoms with Crippen molar-refractivity contribution in [3.63, 3.8) is 0 Å². The Morgan fingerprint density at radius 2 is 2.12 bits per heavy atom. The van der Waals surface area contributed by atoms with Crippen LogP contribution in [0.1, 0.15) is 13.8 Å². The molecule has 0 aromatic heterocycles. The van der Waals surface area contributed by atoms with Gasteiger partial charge in [-0.05, 0) is 13.8 Å². The summed E-state index contributed by atoms with van der Waals surface area (Å²) in [6.07, 6.45) is 1.42. The average molecular weight is 126 g/mol. The molecule has 0 saturated carbocycles. The molecule has 42 valence electrons. The Morgan fingerprint density at radius 3 is 2.25 bits per heavy atom. The van der Waals surface area contributed by atoms with E-state index in [9.17, 15) is 4.79 Å². The Hall–Kier alpha value is -0.258. The minimum Gasteiger partial charge on any atom is -0.657 e. The van der Waals surface area contributed by atoms with Crippen LogP contribution in [0.4, 0.5) is 0 Å². The van der Waals surface area contributed by atoms with Gasteiger partial charge in [-0.1, -0.05) is 0 Å². The fourth-order valence-electron chi connectivity index (χ4n) is 0.320. The van der Waals surface area contributed by atoms with Gasteiger partial charge >= 0.3 is 16.6 Å². The zero-order chi connectivity index (χ0) is 6.57. The van der Waals surface area contributed by atoms with Crippen molar-refractivity contribution in [1.82, 2.24) is 0 Å². The lowest BCUT2D eigenvalue weighted by atomic mass is 10.4. The van der Waals surface area contributed by atoms with E-state index in [-0.39, 0.29) is 5.78 Å². The molecule has 2 nitrogen and oxygen atoms in total. The normalized spacial score (nSPS) is 11.0. The molecule has 0 aromatic carbocycles. The highest BCUT2D eigenvalue weighted by atomic mass is 27.1. The first-order valence-electron chi connectivity index (χ1n) is 2.22. The fourth-order valence-corrected chi connectivity index (χ4v) is 0.388. The van der Waals surface area contributed by atoms with E-state index < -0.39 is 0 Å². The highest BCUT2D eigenvalue weighted by molar-refractivity contribution is 5.99. The van der Waals surface area contributed by atoms with E-state index in [0.717, 1.165) is 0 Å². The number of hydrogen-bond acceptors (Lipinski definition) is 2. The molecule has 0 aromatic rings. The molecule has 0 N–H and O–H groups in total. The number of rotatable bonds is 2. The quantitative estimate of drug-likeness (QED) is 0.307. The van der Waals surface area contributed by atoms with Crippen molar-refractivity contribution >= 4 is 22.4 Å². The molecule has 0 aliphatic rings. The summed E-state index contributed by atoms with van der Waals surface area (Å²) in [4.78, 5) is 10.2. The van der Waals surface area contributed by atoms with Crippen molar-refractivity contribution in [3.8, 4) is 0 Å². The molecule has 0 atom stereocenters. The van der Waals surface area contributed by atoms with E-state index in [1.807, 2.05) is 0 Å². The second-order valence-electron chi connectivity index (χ2n) is 1.48. The third kappa shape index (κ3) is 3.92. The van der Waals surface area contributed by atoms with Crippen molar-refractivity contribution < 1.29 is 8.58 Å². The summed E-state index contributed by atoms with van der Waals surface area (Å²) in [7, 11) is 0. The molecule has 0 amide bonds. The van der Waals surface area contributed by atoms with Gasteiger partial charge in [-0.25, -0.2) is 0 Å². The summed E-state index contributed by atoms with van der Waals surface area (Å²) in [6.45, 7) is 3.20. The molecule has 0 heterocycles. The second kappa shape index (κ2) is 3.71. The van der Waals surface area contributed by atoms with Crippen LogP contribution in [0.5, 0.6) is 0 Å². The summed E-state index contributed by atoms with van der Waals surface area (Å²) >= 11 is 2.06. The first-order valence-corrected chi connectivity index (χ1v) is 2.69. The van der Waals surface area contributed by atoms with E-state index in [1.165, 1.54) is 13.0 Å². The van der Waals surface area contributed by atoms with Crippen LogP contribution >= 0.6 is 0 Å². The first kappa shape index (κ1) is 7.74. The van der Waals surface area contributed by atoms with Crippen LogP contribution in [0, 0.1) is 0 Å². The maximum Gasteiger partial charge on any atom is 0.481 e. The van der Waals surface area contributed by atoms with Crippen molar-refractivity contribution in [1.29, 1.82) is 0 Å². The number of ketones is 1. The standard InChI is InChI=1S/C5H8O2.Al/c1-4(6)3-5(2)7;/h3,6H,1-2H3;/q;+1/p-1/b4-3+;. The molecule has 8 heavy (non-hydrogen) atoms. The summed E-state index contributed by atoms with van der Waals surface area (Å²) in [5.41, 5.74) is 0. The minimum absolute atomic E-state index is 0.00458. The van der Waals surface area contributed by atoms with E-state index in [4.69, 9.17) is 0 Å². The van der Waals surface area contributed by atoms with E-state index >= 15 is 0 Å². The van der Waals surface area contributed by atoms with Crippen LogP contribution < -0.4 is 0 Å². The Morgan fingerprint density at radius 1 is 1.62 bits per heavy atom. The molecule has 2 radical (unpaired) electrons. The smallest absolute Gasteiger partial charge is 0.481 e. The predicted octanol–water partition coefficient (Wildman–Crippen LogP) is 0.579. The zero-order valence-corrected chi connectivity index (χ0v) is 6.13. The van der Waals surface area contributed by atoms with Crippen LogP contribution in [0.2, 0.25) is 0 Å². The number of carbonyl (C=O) groups excluding carboxylic acids is 1. The Labute approximate surface area is 57.3 Å². The van der Waals surface area contributed by atoms with Gasteiger partial charge in [-0.15, -0.1) is 0 Å². The van der Waals surface area contributed by atoms with Gasteiger partial charge in [-0.3, -0.25) is 4.79 Å². The predicted molar refractivity (Wildman–Crippen MR) is 31.3 cm³/mol. The molecule has 3 heteroatoms. The average Bonchev–Trinajstić information content (AvgIpc) is 1.65. The molecule has 0 aliphatic carbocycles. The summed E-state index contributed by atoms with van der Waals surface area (Å²) in [5.74, 6) is 0.618. The van der Waals surface area contributed by atoms with Crippen molar-refractivity contribution in [2.45, 2.75) is 13.8 Å². The van der Waals surface area contributed by atoms with Crippen molar-refractivity contribution in [2.75, 3.05) is 0 Å². The summed E-state index contributed by atoms with van der Waals surface area (Å²) in [5, 5.41) is 0. The third-order valence-electron chi connectivity index (χ3n) is 0.592. The zero-order valence-electron chi connectivity index (χ0n) is 4.97. The van der Waals surface area contributed by atoms with E-state index in [1.54, 1.807) is 6.92 Å². The molecule has 0 rings (SSSR count). The molecule has 0 fully saturated rings. The highest BCUT2D eigenvalue weighted by Gasteiger charge is 1.85. The molecule has 0 aliphatic heterocycles. The van der Waals surface area contributed by atoms with Gasteiger partial charge in [0.1, 0.15) is 0 Å². The van der Waals surface area contributed by atoms with Gasteiger partial charge in [-0.2, -0.15) is 0 Å². The minimum atomic E-state index is 0.00458. The van der Waals surface area contributed by atoms with Gasteiger partial charge in [0.05, 0.1) is 5.76 Å². The van der Waals surface area contributed by atoms with Crippen molar-refractivity contribution in [2.24, 2.45) is 0 Å². The highest BCUT2D eigenvalue weighted by Crippen LogP contribution is 1.89. The van der Waals surface area contributed by atoms with Gasteiger partial charge in [0.25, 0.3) is 0 Å². The molecule has 0 bridgehead atoms. The Balaban J connectivity index is 3.75. The van der Waals surface area contributed by atoms with Gasteiger partial charge < -0.3 is 3.79 Å². The van der Waals surface area contributed by atoms with Gasteiger partial charge in [0.15, 0.2) is 5.78 Å². The monoisotopic (exact) mass is 126 g/mol. The topological polar surface area (TPSA) is 26.3 Å². The van der Waals surface area contributed by atoms with Crippen LogP contribution in [0.15, 0.2) is 11.8 Å². The molecule has 0 saturated heterocycles.